The molecule has 1 heterocycles. The first-order chi connectivity index (χ1) is 17.6. The standard InChI is InChI=1S/C32H38FNO2/c1-4-6-10-22-35-25(3)11-8-7-9-12-30-19-17-29(24-34-30)27-15-13-26(14-16-27)28-18-20-32(31(33)23-28)36-21-5-2/h5,9,12-20,23-25H,2,4,6-8,10-11,21-22H2,1,3H3. The second-order valence-corrected chi connectivity index (χ2v) is 9.02. The molecule has 0 aliphatic rings. The summed E-state index contributed by atoms with van der Waals surface area (Å²) in [5.74, 6) is -0.145. The molecule has 4 heteroatoms. The van der Waals surface area contributed by atoms with Crippen molar-refractivity contribution in [2.24, 2.45) is 0 Å². The van der Waals surface area contributed by atoms with Crippen LogP contribution in [0.3, 0.4) is 0 Å². The van der Waals surface area contributed by atoms with Gasteiger partial charge in [0.05, 0.1) is 11.8 Å². The van der Waals surface area contributed by atoms with Crippen LogP contribution < -0.4 is 4.74 Å². The summed E-state index contributed by atoms with van der Waals surface area (Å²) in [4.78, 5) is 4.59. The second kappa shape index (κ2) is 15.0. The van der Waals surface area contributed by atoms with Crippen molar-refractivity contribution in [1.82, 2.24) is 4.98 Å². The number of halogens is 1. The number of hydrogen-bond acceptors (Lipinski definition) is 3. The van der Waals surface area contributed by atoms with Gasteiger partial charge in [-0.1, -0.05) is 74.9 Å². The molecular formula is C32H38FNO2. The van der Waals surface area contributed by atoms with Gasteiger partial charge in [-0.25, -0.2) is 4.39 Å². The first kappa shape index (κ1) is 27.3. The molecule has 0 radical (unpaired) electrons. The van der Waals surface area contributed by atoms with Gasteiger partial charge >= 0.3 is 0 Å². The molecule has 3 aromatic rings. The fourth-order valence-corrected chi connectivity index (χ4v) is 3.92. The quantitative estimate of drug-likeness (QED) is 0.158. The van der Waals surface area contributed by atoms with E-state index in [9.17, 15) is 4.39 Å². The number of nitrogens with zero attached hydrogens (tertiary/aromatic N) is 1. The minimum Gasteiger partial charge on any atom is -0.486 e. The van der Waals surface area contributed by atoms with Crippen LogP contribution in [0.1, 0.15) is 58.1 Å². The lowest BCUT2D eigenvalue weighted by atomic mass is 10.0. The van der Waals surface area contributed by atoms with E-state index < -0.39 is 0 Å². The van der Waals surface area contributed by atoms with Gasteiger partial charge in [-0.15, -0.1) is 0 Å². The third-order valence-corrected chi connectivity index (χ3v) is 6.05. The van der Waals surface area contributed by atoms with Gasteiger partial charge in [0.25, 0.3) is 0 Å². The number of allylic oxidation sites excluding steroid dienone is 1. The van der Waals surface area contributed by atoms with E-state index in [0.717, 1.165) is 60.2 Å². The lowest BCUT2D eigenvalue weighted by Crippen LogP contribution is -2.08. The topological polar surface area (TPSA) is 31.4 Å². The van der Waals surface area contributed by atoms with Gasteiger partial charge in [0.2, 0.25) is 0 Å². The van der Waals surface area contributed by atoms with Crippen LogP contribution in [-0.4, -0.2) is 24.3 Å². The predicted octanol–water partition coefficient (Wildman–Crippen LogP) is 8.90. The van der Waals surface area contributed by atoms with Gasteiger partial charge in [0.15, 0.2) is 11.6 Å². The third kappa shape index (κ3) is 8.76. The average molecular weight is 488 g/mol. The number of aromatic nitrogens is 1. The van der Waals surface area contributed by atoms with E-state index in [1.54, 1.807) is 12.1 Å². The summed E-state index contributed by atoms with van der Waals surface area (Å²) in [6.45, 7) is 9.12. The normalized spacial score (nSPS) is 12.1. The Hall–Kier alpha value is -3.24. The number of hydrogen-bond donors (Lipinski definition) is 0. The lowest BCUT2D eigenvalue weighted by molar-refractivity contribution is 0.0566. The van der Waals surface area contributed by atoms with Crippen LogP contribution in [0, 0.1) is 5.82 Å². The molecule has 3 rings (SSSR count). The van der Waals surface area contributed by atoms with Gasteiger partial charge in [0, 0.05) is 18.4 Å². The second-order valence-electron chi connectivity index (χ2n) is 9.02. The highest BCUT2D eigenvalue weighted by molar-refractivity contribution is 5.70. The monoisotopic (exact) mass is 487 g/mol. The molecule has 1 atom stereocenters. The van der Waals surface area contributed by atoms with Crippen molar-refractivity contribution in [2.45, 2.75) is 58.5 Å². The molecule has 0 saturated heterocycles. The molecule has 0 aliphatic heterocycles. The zero-order chi connectivity index (χ0) is 25.6. The largest absolute Gasteiger partial charge is 0.486 e. The van der Waals surface area contributed by atoms with E-state index in [2.05, 4.69) is 43.6 Å². The molecular weight excluding hydrogens is 449 g/mol. The SMILES string of the molecule is C=CCOc1ccc(-c2ccc(-c3ccc(C=CCCCC(C)OCCCCC)nc3)cc2)cc1F. The van der Waals surface area contributed by atoms with E-state index >= 15 is 0 Å². The van der Waals surface area contributed by atoms with E-state index in [1.165, 1.54) is 18.9 Å². The number of ether oxygens (including phenoxy) is 2. The first-order valence-electron chi connectivity index (χ1n) is 13.0. The van der Waals surface area contributed by atoms with Gasteiger partial charge in [0.1, 0.15) is 6.61 Å². The summed E-state index contributed by atoms with van der Waals surface area (Å²) in [5, 5.41) is 0. The van der Waals surface area contributed by atoms with Crippen molar-refractivity contribution < 1.29 is 13.9 Å². The van der Waals surface area contributed by atoms with Crippen molar-refractivity contribution in [2.75, 3.05) is 13.2 Å². The lowest BCUT2D eigenvalue weighted by Gasteiger charge is -2.11. The Morgan fingerprint density at radius 1 is 0.944 bits per heavy atom. The zero-order valence-electron chi connectivity index (χ0n) is 21.6. The Morgan fingerprint density at radius 3 is 2.33 bits per heavy atom. The predicted molar refractivity (Wildman–Crippen MR) is 149 cm³/mol. The van der Waals surface area contributed by atoms with E-state index in [-0.39, 0.29) is 18.2 Å². The minimum atomic E-state index is -0.378. The van der Waals surface area contributed by atoms with Crippen LogP contribution in [0.4, 0.5) is 4.39 Å². The van der Waals surface area contributed by atoms with Gasteiger partial charge in [-0.2, -0.15) is 0 Å². The minimum absolute atomic E-state index is 0.233. The molecule has 0 amide bonds. The molecule has 190 valence electrons. The summed E-state index contributed by atoms with van der Waals surface area (Å²) in [6.07, 6.45) is 14.9. The van der Waals surface area contributed by atoms with Crippen molar-refractivity contribution in [3.63, 3.8) is 0 Å². The number of pyridine rings is 1. The first-order valence-corrected chi connectivity index (χ1v) is 13.0. The Morgan fingerprint density at radius 2 is 1.67 bits per heavy atom. The summed E-state index contributed by atoms with van der Waals surface area (Å²) in [7, 11) is 0. The highest BCUT2D eigenvalue weighted by Crippen LogP contribution is 2.28. The summed E-state index contributed by atoms with van der Waals surface area (Å²) in [6, 6.07) is 17.2. The Balaban J connectivity index is 1.49. The van der Waals surface area contributed by atoms with Crippen molar-refractivity contribution >= 4 is 6.08 Å². The molecule has 0 spiro atoms. The maximum absolute atomic E-state index is 14.3. The Bertz CT molecular complexity index is 1090. The Kier molecular flexibility index (Phi) is 11.4. The Labute approximate surface area is 215 Å². The third-order valence-electron chi connectivity index (χ3n) is 6.05. The van der Waals surface area contributed by atoms with E-state index in [4.69, 9.17) is 9.47 Å². The molecule has 0 bridgehead atoms. The molecule has 1 aromatic heterocycles. The summed E-state index contributed by atoms with van der Waals surface area (Å²) >= 11 is 0. The van der Waals surface area contributed by atoms with Crippen LogP contribution in [0.2, 0.25) is 0 Å². The summed E-state index contributed by atoms with van der Waals surface area (Å²) < 4.78 is 25.5. The fourth-order valence-electron chi connectivity index (χ4n) is 3.92. The maximum Gasteiger partial charge on any atom is 0.165 e. The van der Waals surface area contributed by atoms with Crippen LogP contribution in [0.5, 0.6) is 5.75 Å². The number of unbranched alkanes of at least 4 members (excludes halogenated alkanes) is 3. The number of rotatable bonds is 15. The van der Waals surface area contributed by atoms with Crippen LogP contribution in [0.15, 0.2) is 79.5 Å². The molecule has 2 aromatic carbocycles. The van der Waals surface area contributed by atoms with Crippen molar-refractivity contribution in [3.05, 3.63) is 91.0 Å². The van der Waals surface area contributed by atoms with Crippen LogP contribution in [-0.2, 0) is 4.74 Å². The number of benzene rings is 2. The highest BCUT2D eigenvalue weighted by atomic mass is 19.1. The van der Waals surface area contributed by atoms with Crippen molar-refractivity contribution in [3.8, 4) is 28.0 Å². The zero-order valence-corrected chi connectivity index (χ0v) is 21.6. The molecule has 0 saturated carbocycles. The molecule has 0 fully saturated rings. The molecule has 1 unspecified atom stereocenters. The molecule has 0 N–H and O–H groups in total. The smallest absolute Gasteiger partial charge is 0.165 e. The van der Waals surface area contributed by atoms with Gasteiger partial charge < -0.3 is 9.47 Å². The van der Waals surface area contributed by atoms with E-state index in [1.807, 2.05) is 42.6 Å². The van der Waals surface area contributed by atoms with Crippen LogP contribution >= 0.6 is 0 Å². The molecule has 36 heavy (non-hydrogen) atoms. The van der Waals surface area contributed by atoms with Crippen LogP contribution in [0.25, 0.3) is 28.3 Å². The highest BCUT2D eigenvalue weighted by Gasteiger charge is 2.07. The molecule has 3 nitrogen and oxygen atoms in total. The van der Waals surface area contributed by atoms with Crippen molar-refractivity contribution in [1.29, 1.82) is 0 Å². The summed E-state index contributed by atoms with van der Waals surface area (Å²) in [5.41, 5.74) is 4.82. The van der Waals surface area contributed by atoms with Gasteiger partial charge in [-0.3, -0.25) is 4.98 Å². The fraction of sp³-hybridized carbons (Fsp3) is 0.344. The molecule has 0 aliphatic carbocycles. The van der Waals surface area contributed by atoms with E-state index in [0.29, 0.717) is 6.10 Å². The average Bonchev–Trinajstić information content (AvgIpc) is 2.91. The van der Waals surface area contributed by atoms with Gasteiger partial charge in [-0.05, 0) is 73.6 Å². The maximum atomic E-state index is 14.3.